The molecule has 0 aromatic heterocycles. The maximum Gasteiger partial charge on any atom is 0.0389 e. The van der Waals surface area contributed by atoms with E-state index in [0.717, 1.165) is 16.9 Å². The van der Waals surface area contributed by atoms with Gasteiger partial charge in [0.15, 0.2) is 0 Å². The van der Waals surface area contributed by atoms with Crippen LogP contribution in [0.5, 0.6) is 0 Å². The number of aryl methyl sites for hydroxylation is 4. The third-order valence-electron chi connectivity index (χ3n) is 4.08. The van der Waals surface area contributed by atoms with E-state index in [-0.39, 0.29) is 0 Å². The van der Waals surface area contributed by atoms with Crippen LogP contribution in [0.2, 0.25) is 0 Å². The Hall–Kier alpha value is -2.02. The summed E-state index contributed by atoms with van der Waals surface area (Å²) >= 11 is 0. The van der Waals surface area contributed by atoms with E-state index >= 15 is 0 Å². The summed E-state index contributed by atoms with van der Waals surface area (Å²) in [5, 5.41) is 3.42. The molecule has 0 radical (unpaired) electrons. The minimum atomic E-state index is 0.941. The summed E-state index contributed by atoms with van der Waals surface area (Å²) in [6.45, 7) is 14.9. The second kappa shape index (κ2) is 5.54. The van der Waals surface area contributed by atoms with Crippen LogP contribution in [0.1, 0.15) is 33.4 Å². The molecule has 0 atom stereocenters. The van der Waals surface area contributed by atoms with Crippen molar-refractivity contribution in [1.29, 1.82) is 0 Å². The molecule has 0 spiro atoms. The van der Waals surface area contributed by atoms with Crippen LogP contribution in [-0.2, 0) is 0 Å². The van der Waals surface area contributed by atoms with E-state index in [1.54, 1.807) is 0 Å². The maximum atomic E-state index is 4.16. The van der Waals surface area contributed by atoms with Gasteiger partial charge in [-0.15, -0.1) is 0 Å². The molecule has 0 aliphatic carbocycles. The standard InChI is InChI=1S/C19H23N/c1-12-7-8-18(9-13(12)2)17(6)20-19-10-14(3)16(5)15(4)11-19/h7-11,20H,6H2,1-5H3. The van der Waals surface area contributed by atoms with Gasteiger partial charge in [-0.3, -0.25) is 0 Å². The molecule has 1 nitrogen and oxygen atoms in total. The van der Waals surface area contributed by atoms with Gasteiger partial charge in [-0.25, -0.2) is 0 Å². The predicted octanol–water partition coefficient (Wildman–Crippen LogP) is 5.31. The van der Waals surface area contributed by atoms with Crippen molar-refractivity contribution in [3.8, 4) is 0 Å². The van der Waals surface area contributed by atoms with E-state index < -0.39 is 0 Å². The van der Waals surface area contributed by atoms with Gasteiger partial charge in [-0.1, -0.05) is 18.7 Å². The average Bonchev–Trinajstić information content (AvgIpc) is 2.39. The molecule has 104 valence electrons. The van der Waals surface area contributed by atoms with Crippen LogP contribution in [-0.4, -0.2) is 0 Å². The Balaban J connectivity index is 2.25. The Morgan fingerprint density at radius 3 is 1.95 bits per heavy atom. The summed E-state index contributed by atoms with van der Waals surface area (Å²) in [5.74, 6) is 0. The number of anilines is 1. The first-order valence-electron chi connectivity index (χ1n) is 7.00. The Morgan fingerprint density at radius 1 is 0.800 bits per heavy atom. The monoisotopic (exact) mass is 265 g/mol. The molecule has 2 aromatic rings. The molecule has 2 rings (SSSR count). The maximum absolute atomic E-state index is 4.16. The highest BCUT2D eigenvalue weighted by molar-refractivity contribution is 5.76. The van der Waals surface area contributed by atoms with Crippen molar-refractivity contribution in [3.63, 3.8) is 0 Å². The summed E-state index contributed by atoms with van der Waals surface area (Å²) < 4.78 is 0. The Labute approximate surface area is 122 Å². The van der Waals surface area contributed by atoms with E-state index in [1.807, 2.05) is 0 Å². The minimum absolute atomic E-state index is 0.941. The molecule has 0 fully saturated rings. The predicted molar refractivity (Wildman–Crippen MR) is 89.2 cm³/mol. The second-order valence-electron chi connectivity index (χ2n) is 5.64. The highest BCUT2D eigenvalue weighted by Gasteiger charge is 2.04. The van der Waals surface area contributed by atoms with Crippen molar-refractivity contribution in [2.45, 2.75) is 34.6 Å². The van der Waals surface area contributed by atoms with Gasteiger partial charge in [-0.2, -0.15) is 0 Å². The topological polar surface area (TPSA) is 12.0 Å². The number of hydrogen-bond acceptors (Lipinski definition) is 1. The number of nitrogens with one attached hydrogen (secondary N) is 1. The van der Waals surface area contributed by atoms with Gasteiger partial charge in [0.1, 0.15) is 0 Å². The SMILES string of the molecule is C=C(Nc1cc(C)c(C)c(C)c1)c1ccc(C)c(C)c1. The molecule has 1 heteroatoms. The molecular weight excluding hydrogens is 242 g/mol. The van der Waals surface area contributed by atoms with E-state index in [9.17, 15) is 0 Å². The lowest BCUT2D eigenvalue weighted by Crippen LogP contribution is -2.00. The Morgan fingerprint density at radius 2 is 1.40 bits per heavy atom. The molecule has 0 amide bonds. The van der Waals surface area contributed by atoms with Crippen molar-refractivity contribution in [1.82, 2.24) is 0 Å². The van der Waals surface area contributed by atoms with Crippen LogP contribution in [0.4, 0.5) is 5.69 Å². The smallest absolute Gasteiger partial charge is 0.0389 e. The molecule has 0 unspecified atom stereocenters. The van der Waals surface area contributed by atoms with Gasteiger partial charge in [0, 0.05) is 11.4 Å². The average molecular weight is 265 g/mol. The summed E-state index contributed by atoms with van der Waals surface area (Å²) in [5.41, 5.74) is 9.76. The van der Waals surface area contributed by atoms with Gasteiger partial charge in [0.05, 0.1) is 0 Å². The summed E-state index contributed by atoms with van der Waals surface area (Å²) in [7, 11) is 0. The fourth-order valence-electron chi connectivity index (χ4n) is 2.28. The number of benzene rings is 2. The van der Waals surface area contributed by atoms with Crippen molar-refractivity contribution in [2.24, 2.45) is 0 Å². The fraction of sp³-hybridized carbons (Fsp3) is 0.263. The summed E-state index contributed by atoms with van der Waals surface area (Å²) in [6.07, 6.45) is 0. The second-order valence-corrected chi connectivity index (χ2v) is 5.64. The van der Waals surface area contributed by atoms with Crippen LogP contribution in [0.15, 0.2) is 36.9 Å². The Kier molecular flexibility index (Phi) is 3.99. The van der Waals surface area contributed by atoms with Crippen LogP contribution in [0.25, 0.3) is 5.70 Å². The zero-order valence-electron chi connectivity index (χ0n) is 13.1. The zero-order chi connectivity index (χ0) is 14.9. The first-order valence-corrected chi connectivity index (χ1v) is 7.00. The molecule has 0 heterocycles. The molecule has 1 N–H and O–H groups in total. The number of hydrogen-bond donors (Lipinski definition) is 1. The molecular formula is C19H23N. The third-order valence-corrected chi connectivity index (χ3v) is 4.08. The zero-order valence-corrected chi connectivity index (χ0v) is 13.1. The van der Waals surface area contributed by atoms with Gasteiger partial charge in [-0.05, 0) is 86.2 Å². The van der Waals surface area contributed by atoms with E-state index in [4.69, 9.17) is 0 Å². The highest BCUT2D eigenvalue weighted by Crippen LogP contribution is 2.23. The van der Waals surface area contributed by atoms with E-state index in [2.05, 4.69) is 76.8 Å². The lowest BCUT2D eigenvalue weighted by atomic mass is 10.0. The fourth-order valence-corrected chi connectivity index (χ4v) is 2.28. The Bertz CT molecular complexity index is 642. The van der Waals surface area contributed by atoms with Gasteiger partial charge in [0.25, 0.3) is 0 Å². The van der Waals surface area contributed by atoms with Gasteiger partial charge >= 0.3 is 0 Å². The van der Waals surface area contributed by atoms with Crippen molar-refractivity contribution in [3.05, 3.63) is 70.3 Å². The molecule has 0 aliphatic rings. The van der Waals surface area contributed by atoms with E-state index in [0.29, 0.717) is 0 Å². The van der Waals surface area contributed by atoms with Crippen molar-refractivity contribution in [2.75, 3.05) is 5.32 Å². The highest BCUT2D eigenvalue weighted by atomic mass is 14.9. The van der Waals surface area contributed by atoms with Crippen LogP contribution in [0, 0.1) is 34.6 Å². The van der Waals surface area contributed by atoms with Gasteiger partial charge in [0.2, 0.25) is 0 Å². The summed E-state index contributed by atoms with van der Waals surface area (Å²) in [6, 6.07) is 10.8. The minimum Gasteiger partial charge on any atom is -0.356 e. The normalized spacial score (nSPS) is 10.4. The quantitative estimate of drug-likeness (QED) is 0.792. The molecule has 0 saturated heterocycles. The molecule has 0 bridgehead atoms. The van der Waals surface area contributed by atoms with Crippen molar-refractivity contribution < 1.29 is 0 Å². The van der Waals surface area contributed by atoms with Crippen LogP contribution >= 0.6 is 0 Å². The van der Waals surface area contributed by atoms with Crippen LogP contribution in [0.3, 0.4) is 0 Å². The molecule has 0 aliphatic heterocycles. The molecule has 2 aromatic carbocycles. The van der Waals surface area contributed by atoms with Gasteiger partial charge < -0.3 is 5.32 Å². The lowest BCUT2D eigenvalue weighted by molar-refractivity contribution is 1.26. The summed E-state index contributed by atoms with van der Waals surface area (Å²) in [4.78, 5) is 0. The third kappa shape index (κ3) is 2.93. The van der Waals surface area contributed by atoms with Crippen LogP contribution < -0.4 is 5.32 Å². The van der Waals surface area contributed by atoms with Crippen molar-refractivity contribution >= 4 is 11.4 Å². The molecule has 0 saturated carbocycles. The number of rotatable bonds is 3. The lowest BCUT2D eigenvalue weighted by Gasteiger charge is -2.14. The van der Waals surface area contributed by atoms with E-state index in [1.165, 1.54) is 27.8 Å². The first kappa shape index (κ1) is 14.4. The largest absolute Gasteiger partial charge is 0.356 e. The molecule has 20 heavy (non-hydrogen) atoms. The first-order chi connectivity index (χ1) is 9.38.